The van der Waals surface area contributed by atoms with Crippen molar-refractivity contribution >= 4 is 34.1 Å². The quantitative estimate of drug-likeness (QED) is 0.522. The molecule has 2 N–H and O–H groups in total. The number of hydrogen-bond donors (Lipinski definition) is 1. The Bertz CT molecular complexity index is 1130. The number of rotatable bonds is 6. The van der Waals surface area contributed by atoms with Crippen LogP contribution >= 0.6 is 11.6 Å². The minimum Gasteiger partial charge on any atom is -0.384 e. The molecule has 1 fully saturated rings. The van der Waals surface area contributed by atoms with Crippen molar-refractivity contribution < 1.29 is 13.6 Å². The summed E-state index contributed by atoms with van der Waals surface area (Å²) in [7, 11) is 0. The molecule has 9 heteroatoms. The van der Waals surface area contributed by atoms with Gasteiger partial charge in [0.25, 0.3) is 5.92 Å². The molecule has 32 heavy (non-hydrogen) atoms. The Balaban J connectivity index is 1.58. The number of carbonyl (C=O) groups is 1. The van der Waals surface area contributed by atoms with Crippen LogP contribution in [-0.2, 0) is 0 Å². The fourth-order valence-corrected chi connectivity index (χ4v) is 4.44. The topological polar surface area (TPSA) is 85.0 Å². The first-order valence-corrected chi connectivity index (χ1v) is 10.9. The first-order valence-electron chi connectivity index (χ1n) is 10.5. The SMILES string of the molecule is Cc1ncc(C(CCC(=O)c2c(Cl)ccc3nc(N)ccc23)N2CCC(F)(F)CC2)cn1. The van der Waals surface area contributed by atoms with E-state index in [4.69, 9.17) is 17.3 Å². The van der Waals surface area contributed by atoms with E-state index in [1.165, 1.54) is 0 Å². The molecule has 1 unspecified atom stereocenters. The number of fused-ring (bicyclic) bond motifs is 1. The zero-order valence-electron chi connectivity index (χ0n) is 17.7. The van der Waals surface area contributed by atoms with Crippen LogP contribution in [0, 0.1) is 6.92 Å². The lowest BCUT2D eigenvalue weighted by Crippen LogP contribution is -2.41. The summed E-state index contributed by atoms with van der Waals surface area (Å²) in [4.78, 5) is 28.0. The van der Waals surface area contributed by atoms with Crippen molar-refractivity contribution in [3.8, 4) is 0 Å². The van der Waals surface area contributed by atoms with Crippen molar-refractivity contribution in [3.63, 3.8) is 0 Å². The molecule has 3 heterocycles. The summed E-state index contributed by atoms with van der Waals surface area (Å²) in [5.41, 5.74) is 7.58. The number of piperidine rings is 1. The fourth-order valence-electron chi connectivity index (χ4n) is 4.17. The molecule has 2 aromatic heterocycles. The van der Waals surface area contributed by atoms with Crippen LogP contribution in [0.4, 0.5) is 14.6 Å². The zero-order chi connectivity index (χ0) is 22.9. The normalized spacial score (nSPS) is 17.4. The number of benzene rings is 1. The molecule has 1 saturated heterocycles. The van der Waals surface area contributed by atoms with Gasteiger partial charge in [-0.15, -0.1) is 0 Å². The maximum absolute atomic E-state index is 13.7. The van der Waals surface area contributed by atoms with Gasteiger partial charge in [-0.3, -0.25) is 9.69 Å². The number of aromatic nitrogens is 3. The van der Waals surface area contributed by atoms with Gasteiger partial charge in [0, 0.05) is 67.3 Å². The number of hydrogen-bond acceptors (Lipinski definition) is 6. The van der Waals surface area contributed by atoms with Crippen LogP contribution in [0.2, 0.25) is 5.02 Å². The largest absolute Gasteiger partial charge is 0.384 e. The second-order valence-electron chi connectivity index (χ2n) is 8.16. The van der Waals surface area contributed by atoms with Gasteiger partial charge in [0.1, 0.15) is 11.6 Å². The number of alkyl halides is 2. The summed E-state index contributed by atoms with van der Waals surface area (Å²) in [5.74, 6) is -1.79. The van der Waals surface area contributed by atoms with Gasteiger partial charge < -0.3 is 5.73 Å². The number of aryl methyl sites for hydroxylation is 1. The molecule has 0 saturated carbocycles. The van der Waals surface area contributed by atoms with Crippen LogP contribution in [-0.4, -0.2) is 44.6 Å². The van der Waals surface area contributed by atoms with E-state index in [0.717, 1.165) is 5.56 Å². The van der Waals surface area contributed by atoms with Gasteiger partial charge in [-0.05, 0) is 37.6 Å². The van der Waals surface area contributed by atoms with Crippen LogP contribution in [0.5, 0.6) is 0 Å². The van der Waals surface area contributed by atoms with Gasteiger partial charge in [-0.1, -0.05) is 11.6 Å². The highest BCUT2D eigenvalue weighted by molar-refractivity contribution is 6.35. The summed E-state index contributed by atoms with van der Waals surface area (Å²) in [5, 5.41) is 0.992. The summed E-state index contributed by atoms with van der Waals surface area (Å²) < 4.78 is 27.4. The van der Waals surface area contributed by atoms with Gasteiger partial charge in [-0.2, -0.15) is 0 Å². The van der Waals surface area contributed by atoms with Gasteiger partial charge in [0.05, 0.1) is 10.5 Å². The molecule has 1 atom stereocenters. The first kappa shape index (κ1) is 22.5. The van der Waals surface area contributed by atoms with Crippen molar-refractivity contribution in [2.75, 3.05) is 18.8 Å². The predicted octanol–water partition coefficient (Wildman–Crippen LogP) is 5.00. The predicted molar refractivity (Wildman–Crippen MR) is 120 cm³/mol. The number of pyridine rings is 1. The zero-order valence-corrected chi connectivity index (χ0v) is 18.4. The average molecular weight is 460 g/mol. The monoisotopic (exact) mass is 459 g/mol. The lowest BCUT2D eigenvalue weighted by atomic mass is 9.94. The van der Waals surface area contributed by atoms with Crippen molar-refractivity contribution in [1.82, 2.24) is 19.9 Å². The summed E-state index contributed by atoms with van der Waals surface area (Å²) in [6.07, 6.45) is 3.64. The molecule has 1 aliphatic heterocycles. The van der Waals surface area contributed by atoms with Crippen LogP contribution in [0.3, 0.4) is 0 Å². The molecular weight excluding hydrogens is 436 g/mol. The summed E-state index contributed by atoms with van der Waals surface area (Å²) in [6, 6.07) is 6.51. The average Bonchev–Trinajstić information content (AvgIpc) is 2.75. The van der Waals surface area contributed by atoms with E-state index in [1.54, 1.807) is 43.6 Å². The molecule has 6 nitrogen and oxygen atoms in total. The van der Waals surface area contributed by atoms with E-state index < -0.39 is 5.92 Å². The Kier molecular flexibility index (Phi) is 6.35. The number of likely N-dealkylation sites (tertiary alicyclic amines) is 1. The number of ketones is 1. The molecule has 1 aliphatic rings. The first-order chi connectivity index (χ1) is 15.2. The maximum atomic E-state index is 13.7. The highest BCUT2D eigenvalue weighted by Crippen LogP contribution is 2.35. The third-order valence-corrected chi connectivity index (χ3v) is 6.24. The lowest BCUT2D eigenvalue weighted by Gasteiger charge is -2.37. The molecule has 3 aromatic rings. The summed E-state index contributed by atoms with van der Waals surface area (Å²) >= 11 is 6.37. The second-order valence-corrected chi connectivity index (χ2v) is 8.57. The molecule has 0 bridgehead atoms. The van der Waals surface area contributed by atoms with Gasteiger partial charge in [-0.25, -0.2) is 23.7 Å². The Labute approximate surface area is 189 Å². The highest BCUT2D eigenvalue weighted by Gasteiger charge is 2.37. The van der Waals surface area contributed by atoms with Crippen molar-refractivity contribution in [2.45, 2.75) is 44.6 Å². The number of Topliss-reactive ketones (excluding diaryl/α,β-unsaturated/α-hetero) is 1. The third-order valence-electron chi connectivity index (χ3n) is 5.92. The Morgan fingerprint density at radius 1 is 1.19 bits per heavy atom. The molecule has 1 aromatic carbocycles. The van der Waals surface area contributed by atoms with Crippen LogP contribution in [0.1, 0.15) is 53.5 Å². The third kappa shape index (κ3) is 4.86. The Morgan fingerprint density at radius 3 is 2.56 bits per heavy atom. The van der Waals surface area contributed by atoms with E-state index in [2.05, 4.69) is 15.0 Å². The number of carbonyl (C=O) groups excluding carboxylic acids is 1. The fraction of sp³-hybridized carbons (Fsp3) is 0.391. The van der Waals surface area contributed by atoms with Gasteiger partial charge in [0.15, 0.2) is 5.78 Å². The number of nitrogens with zero attached hydrogens (tertiary/aromatic N) is 4. The number of halogens is 3. The smallest absolute Gasteiger partial charge is 0.250 e. The van der Waals surface area contributed by atoms with Crippen molar-refractivity contribution in [1.29, 1.82) is 0 Å². The molecule has 0 spiro atoms. The van der Waals surface area contributed by atoms with Crippen molar-refractivity contribution in [3.05, 3.63) is 58.6 Å². The highest BCUT2D eigenvalue weighted by atomic mass is 35.5. The molecule has 0 amide bonds. The number of nitrogen functional groups attached to an aromatic ring is 1. The van der Waals surface area contributed by atoms with E-state index in [1.807, 2.05) is 4.90 Å². The Hall–Kier alpha value is -2.71. The van der Waals surface area contributed by atoms with Gasteiger partial charge >= 0.3 is 0 Å². The standard InChI is InChI=1S/C23H24ClF2N5O/c1-14-28-12-15(13-29-14)19(31-10-8-23(25,26)9-11-31)5-6-20(32)22-16-2-7-21(27)30-18(16)4-3-17(22)24/h2-4,7,12-13,19H,5-6,8-11H2,1H3,(H2,27,30). The minimum atomic E-state index is -2.65. The van der Waals surface area contributed by atoms with E-state index in [9.17, 15) is 13.6 Å². The molecule has 4 rings (SSSR count). The maximum Gasteiger partial charge on any atom is 0.250 e. The van der Waals surface area contributed by atoms with Crippen molar-refractivity contribution in [2.24, 2.45) is 0 Å². The lowest BCUT2D eigenvalue weighted by molar-refractivity contribution is -0.0641. The van der Waals surface area contributed by atoms with Crippen LogP contribution < -0.4 is 5.73 Å². The van der Waals surface area contributed by atoms with E-state index >= 15 is 0 Å². The van der Waals surface area contributed by atoms with Gasteiger partial charge in [0.2, 0.25) is 0 Å². The second kappa shape index (κ2) is 9.03. The molecule has 0 aliphatic carbocycles. The summed E-state index contributed by atoms with van der Waals surface area (Å²) in [6.45, 7) is 2.28. The Morgan fingerprint density at radius 2 is 1.88 bits per heavy atom. The molecule has 168 valence electrons. The van der Waals surface area contributed by atoms with E-state index in [-0.39, 0.29) is 44.2 Å². The van der Waals surface area contributed by atoms with Crippen LogP contribution in [0.15, 0.2) is 36.7 Å². The molecule has 0 radical (unpaired) electrons. The molecular formula is C23H24ClF2N5O. The number of anilines is 1. The minimum absolute atomic E-state index is 0.132. The van der Waals surface area contributed by atoms with Crippen LogP contribution in [0.25, 0.3) is 10.9 Å². The number of nitrogens with two attached hydrogens (primary N) is 1. The van der Waals surface area contributed by atoms with E-state index in [0.29, 0.717) is 39.6 Å².